The van der Waals surface area contributed by atoms with Crippen LogP contribution in [0, 0.1) is 0 Å². The maximum Gasteiger partial charge on any atom is 0.248 e. The molecule has 2 aromatic carbocycles. The molecule has 2 amide bonds. The molecule has 2 aromatic rings. The highest BCUT2D eigenvalue weighted by atomic mass is 16.1. The Hall–Kier alpha value is -2.62. The molecule has 0 spiro atoms. The number of carbonyl (C=O) groups is 2. The second-order valence-electron chi connectivity index (χ2n) is 7.28. The van der Waals surface area contributed by atoms with Crippen molar-refractivity contribution in [1.29, 1.82) is 0 Å². The van der Waals surface area contributed by atoms with Crippen molar-refractivity contribution in [1.82, 2.24) is 5.32 Å². The lowest BCUT2D eigenvalue weighted by Gasteiger charge is -2.19. The Morgan fingerprint density at radius 3 is 2.00 bits per heavy atom. The summed E-state index contributed by atoms with van der Waals surface area (Å²) >= 11 is 0. The van der Waals surface area contributed by atoms with Crippen LogP contribution >= 0.6 is 0 Å². The highest BCUT2D eigenvalue weighted by molar-refractivity contribution is 5.92. The minimum absolute atomic E-state index is 0.0128. The molecule has 0 unspecified atom stereocenters. The molecule has 0 atom stereocenters. The zero-order valence-electron chi connectivity index (χ0n) is 15.1. The van der Waals surface area contributed by atoms with Crippen molar-refractivity contribution in [2.45, 2.75) is 45.6 Å². The number of carbonyl (C=O) groups excluding carboxylic acids is 2. The number of amides is 2. The normalized spacial score (nSPS) is 11.2. The van der Waals surface area contributed by atoms with Crippen molar-refractivity contribution >= 4 is 11.8 Å². The first kappa shape index (κ1) is 18.7. The van der Waals surface area contributed by atoms with Crippen LogP contribution in [0.2, 0.25) is 0 Å². The molecule has 25 heavy (non-hydrogen) atoms. The molecular weight excluding hydrogens is 312 g/mol. The van der Waals surface area contributed by atoms with E-state index in [-0.39, 0.29) is 11.3 Å². The summed E-state index contributed by atoms with van der Waals surface area (Å²) in [7, 11) is 0. The van der Waals surface area contributed by atoms with Crippen molar-refractivity contribution in [2.24, 2.45) is 5.73 Å². The summed E-state index contributed by atoms with van der Waals surface area (Å²) < 4.78 is 0. The van der Waals surface area contributed by atoms with E-state index >= 15 is 0 Å². The standard InChI is InChI=1S/C21H26N2O2/c1-21(2,3)18-11-6-15(7-12-18)8-13-19(24)23-14-16-4-9-17(10-5-16)20(22)25/h4-7,9-12H,8,13-14H2,1-3H3,(H2,22,25)(H,23,24). The van der Waals surface area contributed by atoms with Gasteiger partial charge in [-0.15, -0.1) is 0 Å². The number of nitrogens with two attached hydrogens (primary N) is 1. The van der Waals surface area contributed by atoms with Gasteiger partial charge in [0, 0.05) is 18.5 Å². The first-order chi connectivity index (χ1) is 11.8. The van der Waals surface area contributed by atoms with Crippen LogP contribution in [0.4, 0.5) is 0 Å². The molecule has 4 nitrogen and oxygen atoms in total. The van der Waals surface area contributed by atoms with E-state index in [1.165, 1.54) is 5.56 Å². The SMILES string of the molecule is CC(C)(C)c1ccc(CCC(=O)NCc2ccc(C(N)=O)cc2)cc1. The fraction of sp³-hybridized carbons (Fsp3) is 0.333. The van der Waals surface area contributed by atoms with Crippen LogP contribution in [0.25, 0.3) is 0 Å². The fourth-order valence-corrected chi connectivity index (χ4v) is 2.51. The molecule has 0 fully saturated rings. The van der Waals surface area contributed by atoms with Gasteiger partial charge in [0.15, 0.2) is 0 Å². The van der Waals surface area contributed by atoms with E-state index in [9.17, 15) is 9.59 Å². The zero-order valence-corrected chi connectivity index (χ0v) is 15.1. The van der Waals surface area contributed by atoms with Gasteiger partial charge in [-0.25, -0.2) is 0 Å². The predicted octanol–water partition coefficient (Wildman–Crippen LogP) is 3.33. The molecule has 0 saturated carbocycles. The Bertz CT molecular complexity index is 726. The van der Waals surface area contributed by atoms with E-state index in [2.05, 4.69) is 50.4 Å². The molecule has 0 aliphatic heterocycles. The molecule has 0 aliphatic rings. The second-order valence-corrected chi connectivity index (χ2v) is 7.28. The summed E-state index contributed by atoms with van der Waals surface area (Å²) in [5.74, 6) is -0.438. The Kier molecular flexibility index (Phi) is 5.97. The first-order valence-corrected chi connectivity index (χ1v) is 8.50. The third kappa shape index (κ3) is 5.75. The minimum atomic E-state index is -0.451. The maximum absolute atomic E-state index is 12.0. The van der Waals surface area contributed by atoms with Gasteiger partial charge in [-0.2, -0.15) is 0 Å². The second kappa shape index (κ2) is 7.97. The van der Waals surface area contributed by atoms with E-state index in [4.69, 9.17) is 5.73 Å². The summed E-state index contributed by atoms with van der Waals surface area (Å²) in [5.41, 5.74) is 9.20. The number of benzene rings is 2. The topological polar surface area (TPSA) is 72.2 Å². The van der Waals surface area contributed by atoms with Gasteiger partial charge >= 0.3 is 0 Å². The monoisotopic (exact) mass is 338 g/mol. The summed E-state index contributed by atoms with van der Waals surface area (Å²) in [5, 5.41) is 2.90. The molecule has 132 valence electrons. The Morgan fingerprint density at radius 2 is 1.48 bits per heavy atom. The van der Waals surface area contributed by atoms with E-state index in [1.54, 1.807) is 24.3 Å². The molecule has 0 aromatic heterocycles. The third-order valence-electron chi connectivity index (χ3n) is 4.19. The smallest absolute Gasteiger partial charge is 0.248 e. The van der Waals surface area contributed by atoms with Gasteiger partial charge in [0.05, 0.1) is 0 Å². The lowest BCUT2D eigenvalue weighted by molar-refractivity contribution is -0.121. The van der Waals surface area contributed by atoms with Gasteiger partial charge in [0.25, 0.3) is 0 Å². The number of primary amides is 1. The highest BCUT2D eigenvalue weighted by Gasteiger charge is 2.13. The number of aryl methyl sites for hydroxylation is 1. The molecule has 3 N–H and O–H groups in total. The van der Waals surface area contributed by atoms with Crippen molar-refractivity contribution in [3.8, 4) is 0 Å². The van der Waals surface area contributed by atoms with Crippen LogP contribution in [0.15, 0.2) is 48.5 Å². The van der Waals surface area contributed by atoms with Gasteiger partial charge in [0.1, 0.15) is 0 Å². The largest absolute Gasteiger partial charge is 0.366 e. The van der Waals surface area contributed by atoms with E-state index < -0.39 is 5.91 Å². The molecule has 4 heteroatoms. The highest BCUT2D eigenvalue weighted by Crippen LogP contribution is 2.22. The van der Waals surface area contributed by atoms with Gasteiger partial charge in [-0.05, 0) is 40.7 Å². The quantitative estimate of drug-likeness (QED) is 0.848. The summed E-state index contributed by atoms with van der Waals surface area (Å²) in [6.45, 7) is 7.00. The summed E-state index contributed by atoms with van der Waals surface area (Å²) in [4.78, 5) is 23.0. The lowest BCUT2D eigenvalue weighted by Crippen LogP contribution is -2.23. The molecule has 0 bridgehead atoms. The molecule has 0 aliphatic carbocycles. The van der Waals surface area contributed by atoms with Crippen molar-refractivity contribution in [3.05, 3.63) is 70.8 Å². The Labute approximate surface area is 149 Å². The average molecular weight is 338 g/mol. The Balaban J connectivity index is 1.79. The first-order valence-electron chi connectivity index (χ1n) is 8.50. The van der Waals surface area contributed by atoms with Gasteiger partial charge < -0.3 is 11.1 Å². The van der Waals surface area contributed by atoms with E-state index in [0.717, 1.165) is 17.5 Å². The number of nitrogens with one attached hydrogen (secondary N) is 1. The molecule has 0 heterocycles. The molecule has 2 rings (SSSR count). The van der Waals surface area contributed by atoms with Gasteiger partial charge in [-0.1, -0.05) is 57.2 Å². The van der Waals surface area contributed by atoms with Crippen LogP contribution in [0.5, 0.6) is 0 Å². The maximum atomic E-state index is 12.0. The van der Waals surface area contributed by atoms with Crippen molar-refractivity contribution in [3.63, 3.8) is 0 Å². The van der Waals surface area contributed by atoms with Crippen LogP contribution in [0.3, 0.4) is 0 Å². The minimum Gasteiger partial charge on any atom is -0.366 e. The molecular formula is C21H26N2O2. The van der Waals surface area contributed by atoms with Gasteiger partial charge in [-0.3, -0.25) is 9.59 Å². The van der Waals surface area contributed by atoms with Crippen LogP contribution in [0.1, 0.15) is 54.2 Å². The number of hydrogen-bond acceptors (Lipinski definition) is 2. The van der Waals surface area contributed by atoms with E-state index in [1.807, 2.05) is 0 Å². The number of hydrogen-bond donors (Lipinski definition) is 2. The fourth-order valence-electron chi connectivity index (χ4n) is 2.51. The van der Waals surface area contributed by atoms with E-state index in [0.29, 0.717) is 18.5 Å². The van der Waals surface area contributed by atoms with Crippen LogP contribution in [-0.2, 0) is 23.2 Å². The summed E-state index contributed by atoms with van der Waals surface area (Å²) in [6, 6.07) is 15.4. The van der Waals surface area contributed by atoms with Crippen LogP contribution in [-0.4, -0.2) is 11.8 Å². The average Bonchev–Trinajstić information content (AvgIpc) is 2.58. The van der Waals surface area contributed by atoms with Crippen LogP contribution < -0.4 is 11.1 Å². The number of rotatable bonds is 6. The Morgan fingerprint density at radius 1 is 0.920 bits per heavy atom. The van der Waals surface area contributed by atoms with Crippen molar-refractivity contribution < 1.29 is 9.59 Å². The lowest BCUT2D eigenvalue weighted by atomic mass is 9.86. The third-order valence-corrected chi connectivity index (χ3v) is 4.19. The van der Waals surface area contributed by atoms with Gasteiger partial charge in [0.2, 0.25) is 11.8 Å². The predicted molar refractivity (Wildman–Crippen MR) is 100 cm³/mol. The molecule has 0 saturated heterocycles. The van der Waals surface area contributed by atoms with Crippen molar-refractivity contribution in [2.75, 3.05) is 0 Å². The summed E-state index contributed by atoms with van der Waals surface area (Å²) in [6.07, 6.45) is 1.17. The molecule has 0 radical (unpaired) electrons. The zero-order chi connectivity index (χ0) is 18.4.